The summed E-state index contributed by atoms with van der Waals surface area (Å²) in [6.45, 7) is 0. The van der Waals surface area contributed by atoms with E-state index in [4.69, 9.17) is 23.7 Å². The molecular formula is C28H29NO7. The highest BCUT2D eigenvalue weighted by Crippen LogP contribution is 2.40. The molecule has 0 spiro atoms. The first-order chi connectivity index (χ1) is 17.4. The highest BCUT2D eigenvalue weighted by atomic mass is 16.5. The third kappa shape index (κ3) is 6.09. The average Bonchev–Trinajstić information content (AvgIpc) is 2.91. The lowest BCUT2D eigenvalue weighted by molar-refractivity contribution is -0.111. The molecule has 0 saturated heterocycles. The minimum atomic E-state index is -0.392. The second-order valence-corrected chi connectivity index (χ2v) is 7.47. The summed E-state index contributed by atoms with van der Waals surface area (Å²) >= 11 is 0. The molecule has 0 aliphatic carbocycles. The number of benzene rings is 3. The lowest BCUT2D eigenvalue weighted by atomic mass is 10.1. The van der Waals surface area contributed by atoms with Crippen LogP contribution in [0.15, 0.2) is 54.6 Å². The Bertz CT molecular complexity index is 1240. The molecular weight excluding hydrogens is 462 g/mol. The van der Waals surface area contributed by atoms with E-state index in [0.717, 1.165) is 16.9 Å². The van der Waals surface area contributed by atoms with E-state index in [1.165, 1.54) is 26.4 Å². The number of ether oxygens (including phenoxy) is 5. The smallest absolute Gasteiger partial charge is 0.248 e. The van der Waals surface area contributed by atoms with Crippen LogP contribution in [0.1, 0.15) is 16.7 Å². The van der Waals surface area contributed by atoms with Gasteiger partial charge >= 0.3 is 0 Å². The fourth-order valence-electron chi connectivity index (χ4n) is 3.50. The van der Waals surface area contributed by atoms with Crippen LogP contribution in [-0.2, 0) is 4.79 Å². The fourth-order valence-corrected chi connectivity index (χ4v) is 3.50. The Morgan fingerprint density at radius 1 is 0.722 bits per heavy atom. The molecule has 3 rings (SSSR count). The van der Waals surface area contributed by atoms with Gasteiger partial charge < -0.3 is 34.1 Å². The van der Waals surface area contributed by atoms with E-state index in [9.17, 15) is 9.90 Å². The maximum Gasteiger partial charge on any atom is 0.248 e. The molecule has 0 aliphatic rings. The number of nitrogens with one attached hydrogen (secondary N) is 1. The zero-order valence-electron chi connectivity index (χ0n) is 20.8. The van der Waals surface area contributed by atoms with Gasteiger partial charge in [-0.15, -0.1) is 0 Å². The van der Waals surface area contributed by atoms with E-state index in [1.54, 1.807) is 51.7 Å². The van der Waals surface area contributed by atoms with Crippen molar-refractivity contribution >= 4 is 29.8 Å². The SMILES string of the molecule is COc1ccc(/C=C/C(=O)Nc2c(C=Cc3cc(OC)c(OC)c(OC)c3)ccc(O)c2OC)cc1. The molecule has 0 atom stereocenters. The van der Waals surface area contributed by atoms with E-state index < -0.39 is 5.91 Å². The van der Waals surface area contributed by atoms with Gasteiger partial charge in [-0.1, -0.05) is 24.3 Å². The third-order valence-electron chi connectivity index (χ3n) is 5.31. The first-order valence-corrected chi connectivity index (χ1v) is 10.9. The van der Waals surface area contributed by atoms with Gasteiger partial charge in [0.1, 0.15) is 5.75 Å². The molecule has 0 fully saturated rings. The number of aromatic hydroxyl groups is 1. The lowest BCUT2D eigenvalue weighted by Gasteiger charge is -2.14. The Morgan fingerprint density at radius 2 is 1.36 bits per heavy atom. The zero-order chi connectivity index (χ0) is 26.1. The first-order valence-electron chi connectivity index (χ1n) is 10.9. The number of anilines is 1. The van der Waals surface area contributed by atoms with Crippen LogP contribution in [0.4, 0.5) is 5.69 Å². The molecule has 0 radical (unpaired) electrons. The van der Waals surface area contributed by atoms with Crippen molar-refractivity contribution < 1.29 is 33.6 Å². The van der Waals surface area contributed by atoms with Crippen LogP contribution in [0, 0.1) is 0 Å². The standard InChI is InChI=1S/C28H29NO7/c1-32-21-12-7-18(8-13-21)9-15-25(31)29-26-20(11-14-22(30)27(26)35-4)10-6-19-16-23(33-2)28(36-5)24(17-19)34-3/h6-17,30H,1-5H3,(H,29,31)/b10-6?,15-9+. The Labute approximate surface area is 210 Å². The summed E-state index contributed by atoms with van der Waals surface area (Å²) in [5.74, 6) is 1.89. The molecule has 36 heavy (non-hydrogen) atoms. The van der Waals surface area contributed by atoms with Crippen LogP contribution in [0.25, 0.3) is 18.2 Å². The molecule has 3 aromatic carbocycles. The van der Waals surface area contributed by atoms with Crippen LogP contribution in [0.5, 0.6) is 34.5 Å². The van der Waals surface area contributed by atoms with Crippen LogP contribution in [0.2, 0.25) is 0 Å². The van der Waals surface area contributed by atoms with Crippen molar-refractivity contribution in [3.05, 3.63) is 71.3 Å². The molecule has 8 nitrogen and oxygen atoms in total. The van der Waals surface area contributed by atoms with E-state index in [0.29, 0.717) is 28.5 Å². The van der Waals surface area contributed by atoms with Gasteiger partial charge in [-0.2, -0.15) is 0 Å². The monoisotopic (exact) mass is 491 g/mol. The number of hydrogen-bond acceptors (Lipinski definition) is 7. The number of phenolic OH excluding ortho intramolecular Hbond substituents is 1. The molecule has 1 amide bonds. The normalized spacial score (nSPS) is 10.9. The van der Waals surface area contributed by atoms with Gasteiger partial charge in [-0.05, 0) is 53.6 Å². The molecule has 2 N–H and O–H groups in total. The van der Waals surface area contributed by atoms with Crippen molar-refractivity contribution in [1.82, 2.24) is 0 Å². The lowest BCUT2D eigenvalue weighted by Crippen LogP contribution is -2.10. The number of methoxy groups -OCH3 is 5. The second-order valence-electron chi connectivity index (χ2n) is 7.47. The van der Waals surface area contributed by atoms with Crippen LogP contribution in [-0.4, -0.2) is 46.6 Å². The minimum Gasteiger partial charge on any atom is -0.504 e. The number of rotatable bonds is 10. The third-order valence-corrected chi connectivity index (χ3v) is 5.31. The number of carbonyl (C=O) groups is 1. The summed E-state index contributed by atoms with van der Waals surface area (Å²) in [7, 11) is 7.64. The van der Waals surface area contributed by atoms with Gasteiger partial charge in [-0.25, -0.2) is 0 Å². The summed E-state index contributed by atoms with van der Waals surface area (Å²) in [5.41, 5.74) is 2.54. The van der Waals surface area contributed by atoms with Gasteiger partial charge in [0.25, 0.3) is 0 Å². The van der Waals surface area contributed by atoms with Gasteiger partial charge in [0.05, 0.1) is 41.2 Å². The van der Waals surface area contributed by atoms with Gasteiger partial charge in [0, 0.05) is 11.6 Å². The van der Waals surface area contributed by atoms with Gasteiger partial charge in [0.2, 0.25) is 11.7 Å². The van der Waals surface area contributed by atoms with E-state index in [-0.39, 0.29) is 11.5 Å². The van der Waals surface area contributed by atoms with Crippen molar-refractivity contribution in [2.45, 2.75) is 0 Å². The number of amides is 1. The molecule has 0 aliphatic heterocycles. The summed E-state index contributed by atoms with van der Waals surface area (Å²) < 4.78 is 26.7. The van der Waals surface area contributed by atoms with Crippen molar-refractivity contribution in [2.75, 3.05) is 40.9 Å². The van der Waals surface area contributed by atoms with E-state index in [1.807, 2.05) is 30.3 Å². The fraction of sp³-hybridized carbons (Fsp3) is 0.179. The molecule has 188 valence electrons. The molecule has 0 unspecified atom stereocenters. The Balaban J connectivity index is 1.91. The van der Waals surface area contributed by atoms with Crippen molar-refractivity contribution in [1.29, 1.82) is 0 Å². The van der Waals surface area contributed by atoms with Crippen molar-refractivity contribution in [2.24, 2.45) is 0 Å². The highest BCUT2D eigenvalue weighted by Gasteiger charge is 2.15. The van der Waals surface area contributed by atoms with E-state index in [2.05, 4.69) is 5.32 Å². The number of phenols is 1. The quantitative estimate of drug-likeness (QED) is 0.295. The molecule has 8 heteroatoms. The molecule has 0 bridgehead atoms. The summed E-state index contributed by atoms with van der Waals surface area (Å²) in [6, 6.07) is 14.1. The molecule has 0 aromatic heterocycles. The summed E-state index contributed by atoms with van der Waals surface area (Å²) in [4.78, 5) is 12.7. The van der Waals surface area contributed by atoms with Crippen molar-refractivity contribution in [3.8, 4) is 34.5 Å². The maximum atomic E-state index is 12.7. The molecule has 3 aromatic rings. The van der Waals surface area contributed by atoms with Gasteiger partial charge in [-0.3, -0.25) is 4.79 Å². The number of hydrogen-bond donors (Lipinski definition) is 2. The predicted octanol–water partition coefficient (Wildman–Crippen LogP) is 5.26. The maximum absolute atomic E-state index is 12.7. The topological polar surface area (TPSA) is 95.5 Å². The van der Waals surface area contributed by atoms with Gasteiger partial charge in [0.15, 0.2) is 23.0 Å². The zero-order valence-corrected chi connectivity index (χ0v) is 20.8. The summed E-state index contributed by atoms with van der Waals surface area (Å²) in [5, 5.41) is 13.1. The Kier molecular flexibility index (Phi) is 8.83. The van der Waals surface area contributed by atoms with Crippen LogP contribution < -0.4 is 29.0 Å². The van der Waals surface area contributed by atoms with Crippen LogP contribution in [0.3, 0.4) is 0 Å². The van der Waals surface area contributed by atoms with Crippen LogP contribution >= 0.6 is 0 Å². The average molecular weight is 492 g/mol. The van der Waals surface area contributed by atoms with Crippen molar-refractivity contribution in [3.63, 3.8) is 0 Å². The molecule has 0 saturated carbocycles. The Morgan fingerprint density at radius 3 is 1.92 bits per heavy atom. The largest absolute Gasteiger partial charge is 0.504 e. The summed E-state index contributed by atoms with van der Waals surface area (Å²) in [6.07, 6.45) is 6.68. The minimum absolute atomic E-state index is 0.100. The Hall–Kier alpha value is -4.59. The molecule has 0 heterocycles. The predicted molar refractivity (Wildman–Crippen MR) is 140 cm³/mol. The highest BCUT2D eigenvalue weighted by molar-refractivity contribution is 6.04. The first kappa shape index (κ1) is 26.0. The number of carbonyl (C=O) groups excluding carboxylic acids is 1. The second kappa shape index (κ2) is 12.2. The van der Waals surface area contributed by atoms with E-state index >= 15 is 0 Å².